The number of rotatable bonds is 8. The fraction of sp³-hybridized carbons (Fsp3) is 0.818. The maximum atomic E-state index is 5.36. The Labute approximate surface area is 102 Å². The molecule has 1 heterocycles. The van der Waals surface area contributed by atoms with E-state index >= 15 is 0 Å². The molecule has 0 aliphatic rings. The molecule has 0 spiro atoms. The molecular formula is C11H22N4O2. The normalized spacial score (nSPS) is 12.9. The molecule has 0 saturated carbocycles. The van der Waals surface area contributed by atoms with Crippen molar-refractivity contribution in [3.63, 3.8) is 0 Å². The lowest BCUT2D eigenvalue weighted by Crippen LogP contribution is -2.15. The van der Waals surface area contributed by atoms with E-state index in [2.05, 4.69) is 15.6 Å². The molecule has 6 nitrogen and oxygen atoms in total. The van der Waals surface area contributed by atoms with E-state index in [4.69, 9.17) is 9.47 Å². The number of nitrogens with zero attached hydrogens (tertiary/aromatic N) is 3. The van der Waals surface area contributed by atoms with Crippen LogP contribution in [0.25, 0.3) is 0 Å². The van der Waals surface area contributed by atoms with E-state index in [1.54, 1.807) is 7.11 Å². The molecule has 0 fully saturated rings. The highest BCUT2D eigenvalue weighted by Crippen LogP contribution is 2.18. The summed E-state index contributed by atoms with van der Waals surface area (Å²) in [5.41, 5.74) is 1.94. The standard InChI is InChI=1S/C11H22N4O2/c1-5-17-7-6-15-11(9(2)16-4)10(8-12-3)13-14-15/h9,12H,5-8H2,1-4H3. The minimum atomic E-state index is -0.0185. The Kier molecular flexibility index (Phi) is 6.10. The van der Waals surface area contributed by atoms with Gasteiger partial charge < -0.3 is 14.8 Å². The molecule has 1 rings (SSSR count). The minimum absolute atomic E-state index is 0.0185. The van der Waals surface area contributed by atoms with Crippen molar-refractivity contribution >= 4 is 0 Å². The van der Waals surface area contributed by atoms with Crippen molar-refractivity contribution in [2.75, 3.05) is 27.4 Å². The molecule has 1 atom stereocenters. The first-order valence-corrected chi connectivity index (χ1v) is 5.91. The van der Waals surface area contributed by atoms with Gasteiger partial charge in [0.1, 0.15) is 5.69 Å². The largest absolute Gasteiger partial charge is 0.380 e. The van der Waals surface area contributed by atoms with Gasteiger partial charge in [0, 0.05) is 20.3 Å². The average molecular weight is 242 g/mol. The van der Waals surface area contributed by atoms with Gasteiger partial charge in [0.25, 0.3) is 0 Å². The first-order valence-electron chi connectivity index (χ1n) is 5.91. The first kappa shape index (κ1) is 14.1. The zero-order valence-electron chi connectivity index (χ0n) is 11.1. The number of aromatic nitrogens is 3. The molecule has 0 saturated heterocycles. The van der Waals surface area contributed by atoms with E-state index in [0.29, 0.717) is 26.3 Å². The van der Waals surface area contributed by atoms with Crippen LogP contribution in [0.4, 0.5) is 0 Å². The highest BCUT2D eigenvalue weighted by Gasteiger charge is 2.18. The number of ether oxygens (including phenoxy) is 2. The molecule has 0 bridgehead atoms. The van der Waals surface area contributed by atoms with Gasteiger partial charge in [-0.2, -0.15) is 0 Å². The third-order valence-corrected chi connectivity index (χ3v) is 2.58. The third-order valence-electron chi connectivity index (χ3n) is 2.58. The fourth-order valence-electron chi connectivity index (χ4n) is 1.67. The Balaban J connectivity index is 2.80. The molecule has 6 heteroatoms. The van der Waals surface area contributed by atoms with E-state index < -0.39 is 0 Å². The molecule has 0 amide bonds. The molecule has 1 N–H and O–H groups in total. The van der Waals surface area contributed by atoms with Crippen LogP contribution in [-0.2, 0) is 22.6 Å². The van der Waals surface area contributed by atoms with E-state index in [1.165, 1.54) is 0 Å². The lowest BCUT2D eigenvalue weighted by molar-refractivity contribution is 0.103. The zero-order chi connectivity index (χ0) is 12.7. The summed E-state index contributed by atoms with van der Waals surface area (Å²) in [5, 5.41) is 11.4. The van der Waals surface area contributed by atoms with E-state index in [0.717, 1.165) is 11.4 Å². The van der Waals surface area contributed by atoms with Gasteiger partial charge in [0.15, 0.2) is 0 Å². The van der Waals surface area contributed by atoms with Crippen molar-refractivity contribution in [3.8, 4) is 0 Å². The number of hydrogen-bond acceptors (Lipinski definition) is 5. The second kappa shape index (κ2) is 7.37. The summed E-state index contributed by atoms with van der Waals surface area (Å²) in [5.74, 6) is 0. The highest BCUT2D eigenvalue weighted by molar-refractivity contribution is 5.12. The molecule has 98 valence electrons. The van der Waals surface area contributed by atoms with E-state index in [9.17, 15) is 0 Å². The second-order valence-corrected chi connectivity index (χ2v) is 3.75. The van der Waals surface area contributed by atoms with Crippen molar-refractivity contribution in [1.82, 2.24) is 20.3 Å². The van der Waals surface area contributed by atoms with Crippen LogP contribution in [0.3, 0.4) is 0 Å². The van der Waals surface area contributed by atoms with Crippen molar-refractivity contribution in [3.05, 3.63) is 11.4 Å². The SMILES string of the molecule is CCOCCn1nnc(CNC)c1C(C)OC. The van der Waals surface area contributed by atoms with Gasteiger partial charge >= 0.3 is 0 Å². The summed E-state index contributed by atoms with van der Waals surface area (Å²) in [7, 11) is 3.58. The topological polar surface area (TPSA) is 61.2 Å². The Morgan fingerprint density at radius 3 is 2.82 bits per heavy atom. The Hall–Kier alpha value is -0.980. The summed E-state index contributed by atoms with van der Waals surface area (Å²) < 4.78 is 12.5. The van der Waals surface area contributed by atoms with Crippen LogP contribution in [0.1, 0.15) is 31.3 Å². The third kappa shape index (κ3) is 3.76. The molecule has 0 aliphatic carbocycles. The van der Waals surface area contributed by atoms with Gasteiger partial charge in [-0.15, -0.1) is 5.10 Å². The van der Waals surface area contributed by atoms with Gasteiger partial charge in [0.05, 0.1) is 24.9 Å². The average Bonchev–Trinajstić information content (AvgIpc) is 2.72. The summed E-state index contributed by atoms with van der Waals surface area (Å²) in [4.78, 5) is 0. The molecule has 1 aromatic rings. The van der Waals surface area contributed by atoms with Gasteiger partial charge in [-0.1, -0.05) is 5.21 Å². The molecule has 0 aliphatic heterocycles. The molecule has 0 aromatic carbocycles. The Bertz CT molecular complexity index is 327. The minimum Gasteiger partial charge on any atom is -0.380 e. The van der Waals surface area contributed by atoms with Gasteiger partial charge in [-0.3, -0.25) is 0 Å². The van der Waals surface area contributed by atoms with Crippen molar-refractivity contribution in [1.29, 1.82) is 0 Å². The summed E-state index contributed by atoms with van der Waals surface area (Å²) >= 11 is 0. The van der Waals surface area contributed by atoms with Gasteiger partial charge in [-0.05, 0) is 20.9 Å². The summed E-state index contributed by atoms with van der Waals surface area (Å²) in [6.45, 7) is 6.72. The molecule has 1 unspecified atom stereocenters. The Morgan fingerprint density at radius 2 is 2.24 bits per heavy atom. The Morgan fingerprint density at radius 1 is 1.47 bits per heavy atom. The summed E-state index contributed by atoms with van der Waals surface area (Å²) in [6, 6.07) is 0. The van der Waals surface area contributed by atoms with Crippen LogP contribution >= 0.6 is 0 Å². The molecule has 1 aromatic heterocycles. The smallest absolute Gasteiger partial charge is 0.102 e. The van der Waals surface area contributed by atoms with Crippen LogP contribution < -0.4 is 5.32 Å². The van der Waals surface area contributed by atoms with Crippen LogP contribution in [0.5, 0.6) is 0 Å². The fourth-order valence-corrected chi connectivity index (χ4v) is 1.67. The lowest BCUT2D eigenvalue weighted by atomic mass is 10.2. The second-order valence-electron chi connectivity index (χ2n) is 3.75. The number of nitrogens with one attached hydrogen (secondary N) is 1. The zero-order valence-corrected chi connectivity index (χ0v) is 11.1. The van der Waals surface area contributed by atoms with E-state index in [-0.39, 0.29) is 6.10 Å². The predicted molar refractivity (Wildman–Crippen MR) is 64.7 cm³/mol. The van der Waals surface area contributed by atoms with Crippen molar-refractivity contribution < 1.29 is 9.47 Å². The number of hydrogen-bond donors (Lipinski definition) is 1. The maximum absolute atomic E-state index is 5.36. The quantitative estimate of drug-likeness (QED) is 0.681. The van der Waals surface area contributed by atoms with E-state index in [1.807, 2.05) is 25.6 Å². The van der Waals surface area contributed by atoms with Crippen molar-refractivity contribution in [2.24, 2.45) is 0 Å². The van der Waals surface area contributed by atoms with Crippen LogP contribution in [0, 0.1) is 0 Å². The molecular weight excluding hydrogens is 220 g/mol. The molecule has 0 radical (unpaired) electrons. The lowest BCUT2D eigenvalue weighted by Gasteiger charge is -2.13. The van der Waals surface area contributed by atoms with Crippen molar-refractivity contribution in [2.45, 2.75) is 33.0 Å². The summed E-state index contributed by atoms with van der Waals surface area (Å²) in [6.07, 6.45) is -0.0185. The predicted octanol–water partition coefficient (Wildman–Crippen LogP) is 0.741. The monoisotopic (exact) mass is 242 g/mol. The first-order chi connectivity index (χ1) is 8.24. The number of methoxy groups -OCH3 is 1. The highest BCUT2D eigenvalue weighted by atomic mass is 16.5. The molecule has 17 heavy (non-hydrogen) atoms. The van der Waals surface area contributed by atoms with Gasteiger partial charge in [-0.25, -0.2) is 4.68 Å². The van der Waals surface area contributed by atoms with Crippen LogP contribution in [0.15, 0.2) is 0 Å². The van der Waals surface area contributed by atoms with Crippen LogP contribution in [0.2, 0.25) is 0 Å². The van der Waals surface area contributed by atoms with Crippen LogP contribution in [-0.4, -0.2) is 42.4 Å². The van der Waals surface area contributed by atoms with Gasteiger partial charge in [0.2, 0.25) is 0 Å². The maximum Gasteiger partial charge on any atom is 0.102 e.